The van der Waals surface area contributed by atoms with Crippen molar-refractivity contribution >= 4 is 37.5 Å². The molecule has 1 aromatic heterocycles. The van der Waals surface area contributed by atoms with E-state index in [1.165, 1.54) is 24.3 Å². The number of para-hydroxylation sites is 1. The second-order valence-corrected chi connectivity index (χ2v) is 8.70. The van der Waals surface area contributed by atoms with E-state index in [4.69, 9.17) is 4.74 Å². The van der Waals surface area contributed by atoms with Gasteiger partial charge in [0.15, 0.2) is 0 Å². The lowest BCUT2D eigenvalue weighted by atomic mass is 10.2. The molecule has 0 atom stereocenters. The number of sulfonamides is 1. The van der Waals surface area contributed by atoms with Crippen LogP contribution in [-0.4, -0.2) is 32.5 Å². The fourth-order valence-electron chi connectivity index (χ4n) is 2.54. The van der Waals surface area contributed by atoms with Crippen LogP contribution in [0.2, 0.25) is 0 Å². The van der Waals surface area contributed by atoms with Gasteiger partial charge in [0.05, 0.1) is 32.3 Å². The lowest BCUT2D eigenvalue weighted by Gasteiger charge is -2.07. The first-order valence-electron chi connectivity index (χ1n) is 8.61. The van der Waals surface area contributed by atoms with Gasteiger partial charge in [0.25, 0.3) is 0 Å². The van der Waals surface area contributed by atoms with Gasteiger partial charge in [-0.05, 0) is 49.7 Å². The zero-order valence-corrected chi connectivity index (χ0v) is 16.5. The number of fused-ring (bicyclic) bond motifs is 1. The highest BCUT2D eigenvalue weighted by molar-refractivity contribution is 7.89. The van der Waals surface area contributed by atoms with Crippen LogP contribution in [-0.2, 0) is 21.2 Å². The van der Waals surface area contributed by atoms with Crippen molar-refractivity contribution in [2.75, 3.05) is 13.2 Å². The molecule has 0 fully saturated rings. The zero-order chi connectivity index (χ0) is 19.3. The Kier molecular flexibility index (Phi) is 6.20. The van der Waals surface area contributed by atoms with E-state index in [-0.39, 0.29) is 11.5 Å². The van der Waals surface area contributed by atoms with Crippen molar-refractivity contribution in [2.45, 2.75) is 24.7 Å². The SMILES string of the molecule is CCOC(=O)c1ccc(S(=O)(=O)NCCCc2nc3ccccc3s2)cc1. The number of hydrogen-bond donors (Lipinski definition) is 1. The summed E-state index contributed by atoms with van der Waals surface area (Å²) in [5.74, 6) is -0.467. The smallest absolute Gasteiger partial charge is 0.338 e. The number of aromatic nitrogens is 1. The van der Waals surface area contributed by atoms with Gasteiger partial charge in [0.1, 0.15) is 0 Å². The normalized spacial score (nSPS) is 11.6. The van der Waals surface area contributed by atoms with Crippen LogP contribution < -0.4 is 4.72 Å². The Morgan fingerprint density at radius 2 is 1.89 bits per heavy atom. The molecule has 0 spiro atoms. The molecule has 0 bridgehead atoms. The summed E-state index contributed by atoms with van der Waals surface area (Å²) in [6.45, 7) is 2.31. The fraction of sp³-hybridized carbons (Fsp3) is 0.263. The molecule has 0 aliphatic carbocycles. The number of ether oxygens (including phenoxy) is 1. The standard InChI is InChI=1S/C19H20N2O4S2/c1-2-25-19(22)14-9-11-15(12-10-14)27(23,24)20-13-5-8-18-21-16-6-3-4-7-17(16)26-18/h3-4,6-7,9-12,20H,2,5,8,13H2,1H3. The lowest BCUT2D eigenvalue weighted by Crippen LogP contribution is -2.25. The minimum Gasteiger partial charge on any atom is -0.462 e. The van der Waals surface area contributed by atoms with Crippen molar-refractivity contribution in [3.63, 3.8) is 0 Å². The third-order valence-electron chi connectivity index (χ3n) is 3.87. The van der Waals surface area contributed by atoms with Gasteiger partial charge >= 0.3 is 5.97 Å². The largest absolute Gasteiger partial charge is 0.462 e. The molecule has 2 aromatic carbocycles. The molecule has 1 heterocycles. The molecule has 0 aliphatic heterocycles. The number of thiazole rings is 1. The Labute approximate surface area is 162 Å². The zero-order valence-electron chi connectivity index (χ0n) is 14.8. The third-order valence-corrected chi connectivity index (χ3v) is 6.45. The molecule has 27 heavy (non-hydrogen) atoms. The number of carbonyl (C=O) groups is 1. The number of carbonyl (C=O) groups excluding carboxylic acids is 1. The molecule has 0 amide bonds. The molecule has 0 saturated carbocycles. The highest BCUT2D eigenvalue weighted by Crippen LogP contribution is 2.22. The van der Waals surface area contributed by atoms with Crippen molar-refractivity contribution in [3.8, 4) is 0 Å². The first-order valence-corrected chi connectivity index (χ1v) is 10.9. The summed E-state index contributed by atoms with van der Waals surface area (Å²) in [6, 6.07) is 13.6. The van der Waals surface area contributed by atoms with Crippen LogP contribution >= 0.6 is 11.3 Å². The summed E-state index contributed by atoms with van der Waals surface area (Å²) < 4.78 is 33.3. The Morgan fingerprint density at radius 3 is 2.59 bits per heavy atom. The first-order chi connectivity index (χ1) is 13.0. The van der Waals surface area contributed by atoms with Crippen molar-refractivity contribution < 1.29 is 17.9 Å². The molecule has 8 heteroatoms. The van der Waals surface area contributed by atoms with Gasteiger partial charge in [-0.15, -0.1) is 11.3 Å². The molecule has 1 N–H and O–H groups in total. The summed E-state index contributed by atoms with van der Waals surface area (Å²) in [5.41, 5.74) is 1.30. The summed E-state index contributed by atoms with van der Waals surface area (Å²) in [5, 5.41) is 0.995. The van der Waals surface area contributed by atoms with Crippen LogP contribution in [0.5, 0.6) is 0 Å². The second-order valence-electron chi connectivity index (χ2n) is 5.82. The van der Waals surface area contributed by atoms with Gasteiger partial charge in [-0.25, -0.2) is 22.9 Å². The molecule has 3 aromatic rings. The van der Waals surface area contributed by atoms with Crippen LogP contribution in [0.15, 0.2) is 53.4 Å². The predicted octanol–water partition coefficient (Wildman–Crippen LogP) is 3.38. The molecule has 0 unspecified atom stereocenters. The molecule has 0 saturated heterocycles. The molecule has 0 radical (unpaired) electrons. The van der Waals surface area contributed by atoms with E-state index in [0.29, 0.717) is 24.9 Å². The minimum atomic E-state index is -3.61. The van der Waals surface area contributed by atoms with E-state index in [9.17, 15) is 13.2 Å². The fourth-order valence-corrected chi connectivity index (χ4v) is 4.62. The number of nitrogens with zero attached hydrogens (tertiary/aromatic N) is 1. The predicted molar refractivity (Wildman–Crippen MR) is 106 cm³/mol. The van der Waals surface area contributed by atoms with Crippen LogP contribution in [0.3, 0.4) is 0 Å². The summed E-state index contributed by atoms with van der Waals surface area (Å²) in [7, 11) is -3.61. The molecule has 0 aliphatic rings. The number of aryl methyl sites for hydroxylation is 1. The first kappa shape index (κ1) is 19.5. The van der Waals surface area contributed by atoms with Crippen LogP contribution in [0.25, 0.3) is 10.2 Å². The average Bonchev–Trinajstić information content (AvgIpc) is 3.08. The van der Waals surface area contributed by atoms with Gasteiger partial charge in [-0.1, -0.05) is 12.1 Å². The molecule has 142 valence electrons. The highest BCUT2D eigenvalue weighted by Gasteiger charge is 2.15. The van der Waals surface area contributed by atoms with E-state index in [0.717, 1.165) is 15.2 Å². The van der Waals surface area contributed by atoms with Gasteiger partial charge in [0.2, 0.25) is 10.0 Å². The van der Waals surface area contributed by atoms with Crippen molar-refractivity contribution in [1.82, 2.24) is 9.71 Å². The summed E-state index contributed by atoms with van der Waals surface area (Å²) >= 11 is 1.63. The van der Waals surface area contributed by atoms with Gasteiger partial charge in [0, 0.05) is 13.0 Å². The van der Waals surface area contributed by atoms with Crippen molar-refractivity contribution in [3.05, 3.63) is 59.1 Å². The second kappa shape index (κ2) is 8.60. The topological polar surface area (TPSA) is 85.4 Å². The Morgan fingerprint density at radius 1 is 1.15 bits per heavy atom. The maximum Gasteiger partial charge on any atom is 0.338 e. The number of rotatable bonds is 8. The lowest BCUT2D eigenvalue weighted by molar-refractivity contribution is 0.0526. The van der Waals surface area contributed by atoms with E-state index in [1.54, 1.807) is 18.3 Å². The van der Waals surface area contributed by atoms with E-state index in [2.05, 4.69) is 9.71 Å². The molecule has 3 rings (SSSR count). The quantitative estimate of drug-likeness (QED) is 0.459. The molecular weight excluding hydrogens is 384 g/mol. The third kappa shape index (κ3) is 4.91. The Bertz CT molecular complexity index is 994. The number of hydrogen-bond acceptors (Lipinski definition) is 6. The monoisotopic (exact) mass is 404 g/mol. The molecule has 6 nitrogen and oxygen atoms in total. The Hall–Kier alpha value is -2.29. The van der Waals surface area contributed by atoms with Gasteiger partial charge in [-0.2, -0.15) is 0 Å². The number of esters is 1. The van der Waals surface area contributed by atoms with Crippen molar-refractivity contribution in [2.24, 2.45) is 0 Å². The van der Waals surface area contributed by atoms with Gasteiger partial charge < -0.3 is 4.74 Å². The van der Waals surface area contributed by atoms with Crippen LogP contribution in [0.1, 0.15) is 28.7 Å². The number of nitrogens with one attached hydrogen (secondary N) is 1. The van der Waals surface area contributed by atoms with E-state index >= 15 is 0 Å². The number of benzene rings is 2. The molecular formula is C19H20N2O4S2. The maximum absolute atomic E-state index is 12.4. The van der Waals surface area contributed by atoms with E-state index in [1.807, 2.05) is 24.3 Å². The van der Waals surface area contributed by atoms with Crippen LogP contribution in [0.4, 0.5) is 0 Å². The van der Waals surface area contributed by atoms with Crippen LogP contribution in [0, 0.1) is 0 Å². The maximum atomic E-state index is 12.4. The highest BCUT2D eigenvalue weighted by atomic mass is 32.2. The average molecular weight is 405 g/mol. The van der Waals surface area contributed by atoms with E-state index < -0.39 is 16.0 Å². The summed E-state index contributed by atoms with van der Waals surface area (Å²) in [6.07, 6.45) is 1.36. The Balaban J connectivity index is 1.54. The van der Waals surface area contributed by atoms with Crippen molar-refractivity contribution in [1.29, 1.82) is 0 Å². The summed E-state index contributed by atoms with van der Waals surface area (Å²) in [4.78, 5) is 16.3. The van der Waals surface area contributed by atoms with Gasteiger partial charge in [-0.3, -0.25) is 0 Å². The minimum absolute atomic E-state index is 0.121.